The number of halogens is 2. The van der Waals surface area contributed by atoms with Crippen molar-refractivity contribution in [3.05, 3.63) is 28.5 Å². The van der Waals surface area contributed by atoms with Gasteiger partial charge < -0.3 is 4.90 Å². The van der Waals surface area contributed by atoms with E-state index in [0.29, 0.717) is 10.5 Å². The summed E-state index contributed by atoms with van der Waals surface area (Å²) in [6.45, 7) is 1.59. The highest BCUT2D eigenvalue weighted by atomic mass is 79.9. The lowest BCUT2D eigenvalue weighted by atomic mass is 10.3. The number of nitrogens with zero attached hydrogens (tertiary/aromatic N) is 2. The first-order chi connectivity index (χ1) is 7.16. The molecule has 1 atom stereocenters. The van der Waals surface area contributed by atoms with Gasteiger partial charge in [0.2, 0.25) is 0 Å². The second-order valence-electron chi connectivity index (χ2n) is 3.50. The zero-order chi connectivity index (χ0) is 10.8. The number of likely N-dealkylation sites (tertiary alicyclic amines) is 1. The Bertz CT molecular complexity index is 366. The second-order valence-corrected chi connectivity index (χ2v) is 5.71. The number of hydrogen-bond donors (Lipinski definition) is 0. The molecule has 2 rings (SSSR count). The molecule has 0 spiro atoms. The maximum absolute atomic E-state index is 11.9. The quantitative estimate of drug-likeness (QED) is 0.740. The summed E-state index contributed by atoms with van der Waals surface area (Å²) in [5.41, 5.74) is 0.514. The molecule has 0 aromatic carbocycles. The molecule has 0 saturated carbocycles. The van der Waals surface area contributed by atoms with Crippen LogP contribution in [-0.4, -0.2) is 33.7 Å². The Morgan fingerprint density at radius 2 is 2.33 bits per heavy atom. The van der Waals surface area contributed by atoms with Crippen molar-refractivity contribution in [2.24, 2.45) is 0 Å². The highest BCUT2D eigenvalue weighted by Gasteiger charge is 2.25. The molecule has 5 heteroatoms. The minimum Gasteiger partial charge on any atom is -0.336 e. The number of hydrogen-bond acceptors (Lipinski definition) is 2. The molecular formula is C10H10Br2N2O. The zero-order valence-corrected chi connectivity index (χ0v) is 11.2. The van der Waals surface area contributed by atoms with Gasteiger partial charge >= 0.3 is 0 Å². The Labute approximate surface area is 105 Å². The summed E-state index contributed by atoms with van der Waals surface area (Å²) in [6, 6.07) is 3.58. The van der Waals surface area contributed by atoms with Crippen LogP contribution in [0.3, 0.4) is 0 Å². The third kappa shape index (κ3) is 2.58. The standard InChI is InChI=1S/C10H10Br2N2O/c11-7-1-2-9(13-5-7)10(15)14-4-3-8(12)6-14/h1-2,5,8H,3-4,6H2. The minimum atomic E-state index is 0.0180. The summed E-state index contributed by atoms with van der Waals surface area (Å²) >= 11 is 6.80. The fourth-order valence-corrected chi connectivity index (χ4v) is 2.36. The average molecular weight is 334 g/mol. The van der Waals surface area contributed by atoms with Crippen molar-refractivity contribution in [3.8, 4) is 0 Å². The SMILES string of the molecule is O=C(c1ccc(Br)cn1)N1CCC(Br)C1. The Hall–Kier alpha value is -0.420. The number of rotatable bonds is 1. The van der Waals surface area contributed by atoms with E-state index in [9.17, 15) is 4.79 Å². The third-order valence-electron chi connectivity index (χ3n) is 2.36. The van der Waals surface area contributed by atoms with E-state index < -0.39 is 0 Å². The summed E-state index contributed by atoms with van der Waals surface area (Å²) in [6.07, 6.45) is 2.66. The fraction of sp³-hybridized carbons (Fsp3) is 0.400. The van der Waals surface area contributed by atoms with Crippen LogP contribution < -0.4 is 0 Å². The van der Waals surface area contributed by atoms with Crippen molar-refractivity contribution >= 4 is 37.8 Å². The van der Waals surface area contributed by atoms with Gasteiger partial charge in [-0.2, -0.15) is 0 Å². The largest absolute Gasteiger partial charge is 0.336 e. The van der Waals surface area contributed by atoms with Gasteiger partial charge in [-0.3, -0.25) is 4.79 Å². The maximum Gasteiger partial charge on any atom is 0.272 e. The van der Waals surface area contributed by atoms with E-state index in [4.69, 9.17) is 0 Å². The van der Waals surface area contributed by atoms with Crippen molar-refractivity contribution in [1.82, 2.24) is 9.88 Å². The molecule has 0 radical (unpaired) electrons. The number of carbonyl (C=O) groups is 1. The molecule has 1 fully saturated rings. The van der Waals surface area contributed by atoms with Crippen LogP contribution in [0.2, 0.25) is 0 Å². The first-order valence-electron chi connectivity index (χ1n) is 4.72. The molecule has 0 bridgehead atoms. The first-order valence-corrected chi connectivity index (χ1v) is 6.42. The number of carbonyl (C=O) groups excluding carboxylic acids is 1. The molecule has 1 aromatic heterocycles. The van der Waals surface area contributed by atoms with Crippen molar-refractivity contribution in [2.45, 2.75) is 11.2 Å². The molecular weight excluding hydrogens is 324 g/mol. The predicted molar refractivity (Wildman–Crippen MR) is 65.2 cm³/mol. The van der Waals surface area contributed by atoms with Gasteiger partial charge in [0, 0.05) is 28.6 Å². The van der Waals surface area contributed by atoms with Crippen LogP contribution in [0.15, 0.2) is 22.8 Å². The summed E-state index contributed by atoms with van der Waals surface area (Å²) < 4.78 is 0.888. The molecule has 80 valence electrons. The van der Waals surface area contributed by atoms with Crippen LogP contribution >= 0.6 is 31.9 Å². The smallest absolute Gasteiger partial charge is 0.272 e. The van der Waals surface area contributed by atoms with E-state index >= 15 is 0 Å². The Morgan fingerprint density at radius 1 is 1.53 bits per heavy atom. The van der Waals surface area contributed by atoms with Crippen molar-refractivity contribution in [3.63, 3.8) is 0 Å². The first kappa shape index (κ1) is 11.1. The van der Waals surface area contributed by atoms with Crippen LogP contribution in [0.25, 0.3) is 0 Å². The molecule has 15 heavy (non-hydrogen) atoms. The highest BCUT2D eigenvalue weighted by molar-refractivity contribution is 9.10. The molecule has 1 saturated heterocycles. The molecule has 1 amide bonds. The van der Waals surface area contributed by atoms with Crippen LogP contribution in [0.1, 0.15) is 16.9 Å². The summed E-state index contributed by atoms with van der Waals surface area (Å²) in [7, 11) is 0. The van der Waals surface area contributed by atoms with Crippen LogP contribution in [-0.2, 0) is 0 Å². The molecule has 1 aliphatic rings. The molecule has 1 unspecified atom stereocenters. The lowest BCUT2D eigenvalue weighted by molar-refractivity contribution is 0.0787. The minimum absolute atomic E-state index is 0.0180. The Kier molecular flexibility index (Phi) is 3.41. The monoisotopic (exact) mass is 332 g/mol. The van der Waals surface area contributed by atoms with Crippen LogP contribution in [0.4, 0.5) is 0 Å². The van der Waals surface area contributed by atoms with E-state index in [1.807, 2.05) is 11.0 Å². The summed E-state index contributed by atoms with van der Waals surface area (Å²) in [4.78, 5) is 18.3. The molecule has 0 aliphatic carbocycles. The van der Waals surface area contributed by atoms with E-state index in [1.54, 1.807) is 12.3 Å². The number of pyridine rings is 1. The average Bonchev–Trinajstić information content (AvgIpc) is 2.65. The highest BCUT2D eigenvalue weighted by Crippen LogP contribution is 2.18. The van der Waals surface area contributed by atoms with E-state index in [-0.39, 0.29) is 5.91 Å². The van der Waals surface area contributed by atoms with E-state index in [2.05, 4.69) is 36.8 Å². The third-order valence-corrected chi connectivity index (χ3v) is 3.58. The Morgan fingerprint density at radius 3 is 2.87 bits per heavy atom. The van der Waals surface area contributed by atoms with Crippen molar-refractivity contribution in [2.75, 3.05) is 13.1 Å². The topological polar surface area (TPSA) is 33.2 Å². The molecule has 2 heterocycles. The van der Waals surface area contributed by atoms with Crippen molar-refractivity contribution in [1.29, 1.82) is 0 Å². The van der Waals surface area contributed by atoms with Crippen molar-refractivity contribution < 1.29 is 4.79 Å². The van der Waals surface area contributed by atoms with Gasteiger partial charge in [-0.05, 0) is 34.5 Å². The number of amides is 1. The van der Waals surface area contributed by atoms with Crippen LogP contribution in [0.5, 0.6) is 0 Å². The maximum atomic E-state index is 11.9. The van der Waals surface area contributed by atoms with E-state index in [1.165, 1.54) is 0 Å². The van der Waals surface area contributed by atoms with Crippen LogP contribution in [0, 0.1) is 0 Å². The van der Waals surface area contributed by atoms with E-state index in [0.717, 1.165) is 24.0 Å². The second kappa shape index (κ2) is 4.61. The summed E-state index contributed by atoms with van der Waals surface area (Å²) in [5.74, 6) is 0.0180. The zero-order valence-electron chi connectivity index (χ0n) is 7.99. The van der Waals surface area contributed by atoms with Gasteiger partial charge in [-0.25, -0.2) is 4.98 Å². The lowest BCUT2D eigenvalue weighted by Crippen LogP contribution is -2.29. The van der Waals surface area contributed by atoms with Gasteiger partial charge in [0.15, 0.2) is 0 Å². The van der Waals surface area contributed by atoms with Gasteiger partial charge in [-0.1, -0.05) is 15.9 Å². The molecule has 0 N–H and O–H groups in total. The molecule has 1 aromatic rings. The van der Waals surface area contributed by atoms with Gasteiger partial charge in [-0.15, -0.1) is 0 Å². The summed E-state index contributed by atoms with van der Waals surface area (Å²) in [5, 5.41) is 0. The Balaban J connectivity index is 2.11. The molecule has 1 aliphatic heterocycles. The normalized spacial score (nSPS) is 20.7. The fourth-order valence-electron chi connectivity index (χ4n) is 1.57. The predicted octanol–water partition coefficient (Wildman–Crippen LogP) is 2.45. The number of aromatic nitrogens is 1. The lowest BCUT2D eigenvalue weighted by Gasteiger charge is -2.14. The van der Waals surface area contributed by atoms with Gasteiger partial charge in [0.25, 0.3) is 5.91 Å². The molecule has 3 nitrogen and oxygen atoms in total. The van der Waals surface area contributed by atoms with Gasteiger partial charge in [0.1, 0.15) is 5.69 Å². The van der Waals surface area contributed by atoms with Gasteiger partial charge in [0.05, 0.1) is 0 Å². The number of alkyl halides is 1.